The second-order valence-corrected chi connectivity index (χ2v) is 5.60. The summed E-state index contributed by atoms with van der Waals surface area (Å²) in [4.78, 5) is 25.3. The zero-order valence-electron chi connectivity index (χ0n) is 11.8. The van der Waals surface area contributed by atoms with Crippen molar-refractivity contribution in [3.05, 3.63) is 12.4 Å². The van der Waals surface area contributed by atoms with E-state index in [1.165, 1.54) is 0 Å². The van der Waals surface area contributed by atoms with E-state index in [1.807, 2.05) is 13.8 Å². The summed E-state index contributed by atoms with van der Waals surface area (Å²) in [6, 6.07) is 0. The van der Waals surface area contributed by atoms with Crippen molar-refractivity contribution in [2.75, 3.05) is 13.1 Å². The molecule has 7 nitrogen and oxygen atoms in total. The molecule has 0 spiro atoms. The van der Waals surface area contributed by atoms with E-state index < -0.39 is 11.4 Å². The molecule has 2 heterocycles. The molecule has 20 heavy (non-hydrogen) atoms. The molecule has 1 N–H and O–H groups in total. The van der Waals surface area contributed by atoms with Crippen molar-refractivity contribution in [2.24, 2.45) is 11.3 Å². The van der Waals surface area contributed by atoms with Crippen molar-refractivity contribution in [3.8, 4) is 0 Å². The quantitative estimate of drug-likeness (QED) is 0.854. The summed E-state index contributed by atoms with van der Waals surface area (Å²) < 4.78 is 1.60. The van der Waals surface area contributed by atoms with Crippen LogP contribution in [0.3, 0.4) is 0 Å². The number of carbonyl (C=O) groups excluding carboxylic acids is 1. The van der Waals surface area contributed by atoms with Gasteiger partial charge in [-0.3, -0.25) is 14.3 Å². The van der Waals surface area contributed by atoms with Crippen molar-refractivity contribution in [3.63, 3.8) is 0 Å². The Kier molecular flexibility index (Phi) is 4.06. The molecule has 0 saturated carbocycles. The van der Waals surface area contributed by atoms with E-state index in [9.17, 15) is 14.7 Å². The minimum atomic E-state index is -0.806. The largest absolute Gasteiger partial charge is 0.481 e. The summed E-state index contributed by atoms with van der Waals surface area (Å²) in [5.41, 5.74) is -0.803. The molecule has 1 aliphatic rings. The van der Waals surface area contributed by atoms with Gasteiger partial charge in [0.1, 0.15) is 0 Å². The van der Waals surface area contributed by atoms with Gasteiger partial charge in [-0.25, -0.2) is 0 Å². The van der Waals surface area contributed by atoms with Gasteiger partial charge in [0.25, 0.3) is 0 Å². The molecule has 0 radical (unpaired) electrons. The highest BCUT2D eigenvalue weighted by Crippen LogP contribution is 2.38. The van der Waals surface area contributed by atoms with Crippen LogP contribution in [0.4, 0.5) is 0 Å². The van der Waals surface area contributed by atoms with Crippen molar-refractivity contribution in [2.45, 2.75) is 33.2 Å². The highest BCUT2D eigenvalue weighted by molar-refractivity contribution is 5.80. The van der Waals surface area contributed by atoms with Gasteiger partial charge >= 0.3 is 5.97 Å². The Balaban J connectivity index is 1.94. The maximum Gasteiger partial charge on any atom is 0.311 e. The molecule has 1 unspecified atom stereocenters. The van der Waals surface area contributed by atoms with Crippen LogP contribution in [0.1, 0.15) is 26.7 Å². The lowest BCUT2D eigenvalue weighted by Crippen LogP contribution is -2.40. The van der Waals surface area contributed by atoms with Gasteiger partial charge < -0.3 is 10.0 Å². The Morgan fingerprint density at radius 2 is 2.20 bits per heavy atom. The van der Waals surface area contributed by atoms with E-state index in [0.29, 0.717) is 32.5 Å². The van der Waals surface area contributed by atoms with Gasteiger partial charge in [-0.05, 0) is 12.3 Å². The van der Waals surface area contributed by atoms with Gasteiger partial charge in [-0.2, -0.15) is 0 Å². The van der Waals surface area contributed by atoms with Gasteiger partial charge in [0.05, 0.1) is 18.2 Å². The molecule has 0 aliphatic carbocycles. The van der Waals surface area contributed by atoms with Gasteiger partial charge in [0, 0.05) is 25.7 Å². The average Bonchev–Trinajstić information content (AvgIpc) is 3.05. The molecule has 1 amide bonds. The molecule has 1 fully saturated rings. The van der Waals surface area contributed by atoms with Crippen LogP contribution in [0.25, 0.3) is 0 Å². The Hall–Kier alpha value is -1.92. The SMILES string of the molecule is CC(C)C1(C(=O)O)CCN(C(=O)CCn2ccnn2)C1. The average molecular weight is 280 g/mol. The summed E-state index contributed by atoms with van der Waals surface area (Å²) in [6.07, 6.45) is 4.10. The number of aromatic nitrogens is 3. The topological polar surface area (TPSA) is 88.3 Å². The van der Waals surface area contributed by atoms with Crippen LogP contribution in [0.15, 0.2) is 12.4 Å². The minimum absolute atomic E-state index is 0.00751. The van der Waals surface area contributed by atoms with E-state index >= 15 is 0 Å². The van der Waals surface area contributed by atoms with Crippen LogP contribution in [0.2, 0.25) is 0 Å². The molecule has 0 bridgehead atoms. The number of rotatable bonds is 5. The molecule has 0 aromatic carbocycles. The fourth-order valence-electron chi connectivity index (χ4n) is 2.66. The van der Waals surface area contributed by atoms with Gasteiger partial charge in [0.15, 0.2) is 0 Å². The number of hydrogen-bond donors (Lipinski definition) is 1. The number of carboxylic acids is 1. The van der Waals surface area contributed by atoms with E-state index in [1.54, 1.807) is 22.0 Å². The van der Waals surface area contributed by atoms with E-state index in [2.05, 4.69) is 10.3 Å². The first-order valence-electron chi connectivity index (χ1n) is 6.81. The number of aryl methyl sites for hydroxylation is 1. The number of aliphatic carboxylic acids is 1. The van der Waals surface area contributed by atoms with Gasteiger partial charge in [-0.15, -0.1) is 5.10 Å². The molecule has 7 heteroatoms. The lowest BCUT2D eigenvalue weighted by molar-refractivity contribution is -0.151. The van der Waals surface area contributed by atoms with Crippen LogP contribution in [0, 0.1) is 11.3 Å². The van der Waals surface area contributed by atoms with Gasteiger partial charge in [-0.1, -0.05) is 19.1 Å². The molecule has 1 aromatic rings. The number of hydrogen-bond acceptors (Lipinski definition) is 4. The van der Waals surface area contributed by atoms with Crippen molar-refractivity contribution < 1.29 is 14.7 Å². The third kappa shape index (κ3) is 2.66. The highest BCUT2D eigenvalue weighted by atomic mass is 16.4. The first-order chi connectivity index (χ1) is 9.45. The second-order valence-electron chi connectivity index (χ2n) is 5.60. The van der Waals surface area contributed by atoms with E-state index in [0.717, 1.165) is 0 Å². The number of amides is 1. The third-order valence-electron chi connectivity index (χ3n) is 4.21. The Morgan fingerprint density at radius 3 is 2.70 bits per heavy atom. The zero-order valence-corrected chi connectivity index (χ0v) is 11.8. The predicted octanol–water partition coefficient (Wildman–Crippen LogP) is 0.627. The number of nitrogens with zero attached hydrogens (tertiary/aromatic N) is 4. The molecule has 1 saturated heterocycles. The van der Waals surface area contributed by atoms with Crippen molar-refractivity contribution >= 4 is 11.9 Å². The van der Waals surface area contributed by atoms with Crippen LogP contribution in [-0.2, 0) is 16.1 Å². The predicted molar refractivity (Wildman–Crippen MR) is 70.7 cm³/mol. The zero-order chi connectivity index (χ0) is 14.8. The fraction of sp³-hybridized carbons (Fsp3) is 0.692. The monoisotopic (exact) mass is 280 g/mol. The molecule has 110 valence electrons. The number of likely N-dealkylation sites (tertiary alicyclic amines) is 1. The minimum Gasteiger partial charge on any atom is -0.481 e. The number of carbonyl (C=O) groups is 2. The summed E-state index contributed by atoms with van der Waals surface area (Å²) in [7, 11) is 0. The second kappa shape index (κ2) is 5.60. The smallest absolute Gasteiger partial charge is 0.311 e. The maximum atomic E-state index is 12.1. The normalized spacial score (nSPS) is 22.4. The van der Waals surface area contributed by atoms with Crippen LogP contribution >= 0.6 is 0 Å². The first-order valence-corrected chi connectivity index (χ1v) is 6.81. The number of carboxylic acid groups (broad SMARTS) is 1. The Bertz CT molecular complexity index is 486. The molecule has 1 aromatic heterocycles. The summed E-state index contributed by atoms with van der Waals surface area (Å²) in [5, 5.41) is 16.9. The standard InChI is InChI=1S/C13H20N4O3/c1-10(2)13(12(19)20)4-7-16(9-13)11(18)3-6-17-8-5-14-15-17/h5,8,10H,3-4,6-7,9H2,1-2H3,(H,19,20). The molecule has 1 atom stereocenters. The van der Waals surface area contributed by atoms with Crippen LogP contribution in [-0.4, -0.2) is 50.0 Å². The van der Waals surface area contributed by atoms with Crippen molar-refractivity contribution in [1.29, 1.82) is 0 Å². The van der Waals surface area contributed by atoms with Crippen LogP contribution < -0.4 is 0 Å². The van der Waals surface area contributed by atoms with Crippen molar-refractivity contribution in [1.82, 2.24) is 19.9 Å². The van der Waals surface area contributed by atoms with E-state index in [4.69, 9.17) is 0 Å². The van der Waals surface area contributed by atoms with Crippen LogP contribution in [0.5, 0.6) is 0 Å². The molecular formula is C13H20N4O3. The third-order valence-corrected chi connectivity index (χ3v) is 4.21. The lowest BCUT2D eigenvalue weighted by Gasteiger charge is -2.28. The van der Waals surface area contributed by atoms with E-state index in [-0.39, 0.29) is 11.8 Å². The summed E-state index contributed by atoms with van der Waals surface area (Å²) >= 11 is 0. The van der Waals surface area contributed by atoms with Gasteiger partial charge in [0.2, 0.25) is 5.91 Å². The highest BCUT2D eigenvalue weighted by Gasteiger charge is 2.48. The Morgan fingerprint density at radius 1 is 1.45 bits per heavy atom. The summed E-state index contributed by atoms with van der Waals surface area (Å²) in [5.74, 6) is -0.823. The fourth-order valence-corrected chi connectivity index (χ4v) is 2.66. The molecule has 1 aliphatic heterocycles. The maximum absolute atomic E-state index is 12.1. The summed E-state index contributed by atoms with van der Waals surface area (Å²) in [6.45, 7) is 5.09. The molecular weight excluding hydrogens is 260 g/mol. The Labute approximate surface area is 117 Å². The lowest BCUT2D eigenvalue weighted by atomic mass is 9.76. The molecule has 2 rings (SSSR count). The first kappa shape index (κ1) is 14.5.